The van der Waals surface area contributed by atoms with Gasteiger partial charge < -0.3 is 10.4 Å². The van der Waals surface area contributed by atoms with Crippen molar-refractivity contribution in [2.45, 2.75) is 26.7 Å². The van der Waals surface area contributed by atoms with Crippen molar-refractivity contribution in [2.75, 3.05) is 11.9 Å². The molecule has 2 N–H and O–H groups in total. The molecule has 0 saturated heterocycles. The van der Waals surface area contributed by atoms with Gasteiger partial charge in [-0.25, -0.2) is 0 Å². The molecule has 0 bridgehead atoms. The first kappa shape index (κ1) is 11.6. The van der Waals surface area contributed by atoms with Crippen LogP contribution in [0.4, 0.5) is 5.69 Å². The van der Waals surface area contributed by atoms with Gasteiger partial charge in [0.2, 0.25) is 0 Å². The smallest absolute Gasteiger partial charge is 0.148 e. The Morgan fingerprint density at radius 1 is 1.47 bits per heavy atom. The molecule has 82 valence electrons. The lowest BCUT2D eigenvalue weighted by molar-refractivity contribution is -0.115. The van der Waals surface area contributed by atoms with Crippen molar-refractivity contribution in [3.63, 3.8) is 0 Å². The Labute approximate surface area is 90.1 Å². The maximum absolute atomic E-state index is 10.8. The third-order valence-corrected chi connectivity index (χ3v) is 2.14. The summed E-state index contributed by atoms with van der Waals surface area (Å²) in [5.41, 5.74) is 1.80. The summed E-state index contributed by atoms with van der Waals surface area (Å²) in [6.45, 7) is 3.94. The molecule has 1 aromatic rings. The standard InChI is InChI=1S/C12H17NO2/c1-3-4-10-7-11(5-6-12(10)15)13-8-9(2)14/h5-7,13,15H,3-4,8H2,1-2H3. The third-order valence-electron chi connectivity index (χ3n) is 2.14. The van der Waals surface area contributed by atoms with Gasteiger partial charge in [-0.2, -0.15) is 0 Å². The molecular weight excluding hydrogens is 190 g/mol. The van der Waals surface area contributed by atoms with Crippen LogP contribution in [0.1, 0.15) is 25.8 Å². The van der Waals surface area contributed by atoms with Crippen molar-refractivity contribution in [1.29, 1.82) is 0 Å². The predicted octanol–water partition coefficient (Wildman–Crippen LogP) is 2.35. The first-order valence-electron chi connectivity index (χ1n) is 5.18. The molecule has 0 heterocycles. The molecular formula is C12H17NO2. The minimum atomic E-state index is 0.0973. The highest BCUT2D eigenvalue weighted by Gasteiger charge is 2.02. The van der Waals surface area contributed by atoms with Gasteiger partial charge in [0, 0.05) is 5.69 Å². The number of ketones is 1. The van der Waals surface area contributed by atoms with Crippen molar-refractivity contribution in [2.24, 2.45) is 0 Å². The third kappa shape index (κ3) is 3.62. The number of carbonyl (C=O) groups excluding carboxylic acids is 1. The highest BCUT2D eigenvalue weighted by Crippen LogP contribution is 2.22. The first-order valence-corrected chi connectivity index (χ1v) is 5.18. The fourth-order valence-corrected chi connectivity index (χ4v) is 1.39. The van der Waals surface area contributed by atoms with E-state index in [9.17, 15) is 9.90 Å². The molecule has 0 atom stereocenters. The van der Waals surface area contributed by atoms with E-state index in [2.05, 4.69) is 12.2 Å². The maximum atomic E-state index is 10.8. The van der Waals surface area contributed by atoms with Crippen molar-refractivity contribution < 1.29 is 9.90 Å². The number of hydrogen-bond acceptors (Lipinski definition) is 3. The number of aryl methyl sites for hydroxylation is 1. The molecule has 3 nitrogen and oxygen atoms in total. The summed E-state index contributed by atoms with van der Waals surface area (Å²) < 4.78 is 0. The van der Waals surface area contributed by atoms with E-state index >= 15 is 0 Å². The zero-order chi connectivity index (χ0) is 11.3. The van der Waals surface area contributed by atoms with Crippen LogP contribution < -0.4 is 5.32 Å². The number of phenols is 1. The van der Waals surface area contributed by atoms with Crippen LogP contribution in [0.2, 0.25) is 0 Å². The second-order valence-electron chi connectivity index (χ2n) is 3.65. The van der Waals surface area contributed by atoms with Crippen LogP contribution in [0, 0.1) is 0 Å². The zero-order valence-electron chi connectivity index (χ0n) is 9.21. The lowest BCUT2D eigenvalue weighted by Gasteiger charge is -2.08. The molecule has 0 aliphatic heterocycles. The number of phenolic OH excluding ortho intramolecular Hbond substituents is 1. The van der Waals surface area contributed by atoms with Crippen LogP contribution in [-0.2, 0) is 11.2 Å². The van der Waals surface area contributed by atoms with Gasteiger partial charge in [-0.15, -0.1) is 0 Å². The number of benzene rings is 1. The number of anilines is 1. The molecule has 0 radical (unpaired) electrons. The maximum Gasteiger partial charge on any atom is 0.148 e. The normalized spacial score (nSPS) is 10.0. The van der Waals surface area contributed by atoms with E-state index in [1.807, 2.05) is 6.07 Å². The summed E-state index contributed by atoms with van der Waals surface area (Å²) in [4.78, 5) is 10.8. The fraction of sp³-hybridized carbons (Fsp3) is 0.417. The van der Waals surface area contributed by atoms with Gasteiger partial charge in [0.1, 0.15) is 11.5 Å². The summed E-state index contributed by atoms with van der Waals surface area (Å²) in [6.07, 6.45) is 1.84. The molecule has 1 aromatic carbocycles. The molecule has 0 aromatic heterocycles. The summed E-state index contributed by atoms with van der Waals surface area (Å²) in [6, 6.07) is 5.33. The SMILES string of the molecule is CCCc1cc(NCC(C)=O)ccc1O. The summed E-state index contributed by atoms with van der Waals surface area (Å²) >= 11 is 0. The summed E-state index contributed by atoms with van der Waals surface area (Å²) in [5, 5.41) is 12.6. The van der Waals surface area contributed by atoms with Crippen molar-refractivity contribution >= 4 is 11.5 Å². The van der Waals surface area contributed by atoms with Crippen molar-refractivity contribution in [1.82, 2.24) is 0 Å². The molecule has 3 heteroatoms. The highest BCUT2D eigenvalue weighted by atomic mass is 16.3. The van der Waals surface area contributed by atoms with Crippen LogP contribution in [0.3, 0.4) is 0 Å². The van der Waals surface area contributed by atoms with E-state index in [-0.39, 0.29) is 5.78 Å². The second kappa shape index (κ2) is 5.39. The molecule has 0 unspecified atom stereocenters. The number of nitrogens with one attached hydrogen (secondary N) is 1. The summed E-state index contributed by atoms with van der Waals surface area (Å²) in [7, 11) is 0. The van der Waals surface area contributed by atoms with Crippen molar-refractivity contribution in [3.8, 4) is 5.75 Å². The van der Waals surface area contributed by atoms with E-state index in [1.54, 1.807) is 19.1 Å². The quantitative estimate of drug-likeness (QED) is 0.729. The van der Waals surface area contributed by atoms with E-state index in [0.717, 1.165) is 24.1 Å². The Morgan fingerprint density at radius 3 is 2.80 bits per heavy atom. The first-order chi connectivity index (χ1) is 7.13. The zero-order valence-corrected chi connectivity index (χ0v) is 9.21. The number of Topliss-reactive ketones (excluding diaryl/α,β-unsaturated/α-hetero) is 1. The minimum absolute atomic E-state index is 0.0973. The molecule has 0 amide bonds. The van der Waals surface area contributed by atoms with Gasteiger partial charge in [-0.3, -0.25) is 4.79 Å². The largest absolute Gasteiger partial charge is 0.508 e. The number of rotatable bonds is 5. The molecule has 0 aliphatic rings. The number of carbonyl (C=O) groups is 1. The van der Waals surface area contributed by atoms with Gasteiger partial charge >= 0.3 is 0 Å². The highest BCUT2D eigenvalue weighted by molar-refractivity contribution is 5.80. The van der Waals surface area contributed by atoms with Crippen LogP contribution in [0.25, 0.3) is 0 Å². The van der Waals surface area contributed by atoms with E-state index in [0.29, 0.717) is 12.3 Å². The van der Waals surface area contributed by atoms with E-state index in [1.165, 1.54) is 0 Å². The van der Waals surface area contributed by atoms with Gasteiger partial charge in [0.15, 0.2) is 0 Å². The topological polar surface area (TPSA) is 49.3 Å². The molecule has 15 heavy (non-hydrogen) atoms. The van der Waals surface area contributed by atoms with Crippen LogP contribution >= 0.6 is 0 Å². The molecule has 0 fully saturated rings. The Hall–Kier alpha value is -1.51. The van der Waals surface area contributed by atoms with Crippen molar-refractivity contribution in [3.05, 3.63) is 23.8 Å². The monoisotopic (exact) mass is 207 g/mol. The molecule has 1 rings (SSSR count). The molecule has 0 aliphatic carbocycles. The lowest BCUT2D eigenvalue weighted by atomic mass is 10.1. The number of aromatic hydroxyl groups is 1. The van der Waals surface area contributed by atoms with Gasteiger partial charge in [0.05, 0.1) is 6.54 Å². The predicted molar refractivity (Wildman–Crippen MR) is 61.3 cm³/mol. The Balaban J connectivity index is 2.73. The molecule has 0 saturated carbocycles. The Bertz CT molecular complexity index is 347. The fourth-order valence-electron chi connectivity index (χ4n) is 1.39. The Kier molecular flexibility index (Phi) is 4.16. The van der Waals surface area contributed by atoms with Crippen LogP contribution in [0.15, 0.2) is 18.2 Å². The van der Waals surface area contributed by atoms with E-state index < -0.39 is 0 Å². The van der Waals surface area contributed by atoms with Gasteiger partial charge in [0.25, 0.3) is 0 Å². The minimum Gasteiger partial charge on any atom is -0.508 e. The lowest BCUT2D eigenvalue weighted by Crippen LogP contribution is -2.09. The molecule has 0 spiro atoms. The summed E-state index contributed by atoms with van der Waals surface area (Å²) in [5.74, 6) is 0.422. The van der Waals surface area contributed by atoms with Gasteiger partial charge in [-0.05, 0) is 37.1 Å². The second-order valence-corrected chi connectivity index (χ2v) is 3.65. The average Bonchev–Trinajstić information content (AvgIpc) is 2.19. The average molecular weight is 207 g/mol. The van der Waals surface area contributed by atoms with Crippen LogP contribution in [-0.4, -0.2) is 17.4 Å². The number of hydrogen-bond donors (Lipinski definition) is 2. The van der Waals surface area contributed by atoms with E-state index in [4.69, 9.17) is 0 Å². The Morgan fingerprint density at radius 2 is 2.20 bits per heavy atom. The van der Waals surface area contributed by atoms with Gasteiger partial charge in [-0.1, -0.05) is 13.3 Å². The van der Waals surface area contributed by atoms with Crippen LogP contribution in [0.5, 0.6) is 5.75 Å².